The minimum Gasteiger partial charge on any atom is -0.471 e. The number of carbonyl (C=O) groups is 3. The van der Waals surface area contributed by atoms with Crippen LogP contribution in [-0.4, -0.2) is 71.8 Å². The van der Waals surface area contributed by atoms with Crippen molar-refractivity contribution in [2.24, 2.45) is 10.8 Å². The molecule has 0 saturated carbocycles. The maximum Gasteiger partial charge on any atom is 0.350 e. The Morgan fingerprint density at radius 2 is 1.61 bits per heavy atom. The van der Waals surface area contributed by atoms with Gasteiger partial charge in [0.15, 0.2) is 12.6 Å². The van der Waals surface area contributed by atoms with Gasteiger partial charge in [0.05, 0.1) is 33.0 Å². The van der Waals surface area contributed by atoms with Crippen molar-refractivity contribution in [3.63, 3.8) is 0 Å². The molecule has 1 amide bonds. The number of nitrogens with one attached hydrogen (secondary N) is 2. The van der Waals surface area contributed by atoms with Crippen LogP contribution in [0.3, 0.4) is 0 Å². The Labute approximate surface area is 280 Å². The number of piperidine rings is 1. The van der Waals surface area contributed by atoms with E-state index in [9.17, 15) is 18.9 Å². The Balaban J connectivity index is 1.57. The highest BCUT2D eigenvalue weighted by molar-refractivity contribution is 7.53. The molecule has 15 heteroatoms. The van der Waals surface area contributed by atoms with Crippen LogP contribution in [0.2, 0.25) is 10.0 Å². The number of ether oxygens (including phenoxy) is 2. The number of halogens is 2. The monoisotopic (exact) mass is 700 g/mol. The van der Waals surface area contributed by atoms with Gasteiger partial charge in [0.25, 0.3) is 5.91 Å². The van der Waals surface area contributed by atoms with E-state index >= 15 is 0 Å². The van der Waals surface area contributed by atoms with Gasteiger partial charge in [0, 0.05) is 36.5 Å². The van der Waals surface area contributed by atoms with Crippen LogP contribution in [0.15, 0.2) is 36.7 Å². The first-order valence-corrected chi connectivity index (χ1v) is 17.3. The van der Waals surface area contributed by atoms with Crippen molar-refractivity contribution < 1.29 is 37.5 Å². The third kappa shape index (κ3) is 10.9. The minimum absolute atomic E-state index is 0.0799. The van der Waals surface area contributed by atoms with Gasteiger partial charge in [-0.05, 0) is 45.7 Å². The number of likely N-dealkylation sites (tertiary alicyclic amines) is 1. The van der Waals surface area contributed by atoms with Crippen molar-refractivity contribution in [2.45, 2.75) is 66.8 Å². The van der Waals surface area contributed by atoms with Crippen LogP contribution in [0.4, 0.5) is 0 Å². The number of allylic oxidation sites excluding steroid dienone is 1. The number of aromatic amines is 1. The average Bonchev–Trinajstić information content (AvgIpc) is 3.41. The standard InChI is InChI=1S/C31H43Cl2N4O8P/c1-20(30(2,3)4)42-18-44-46(41,45-19-43-29(40)31(5,6)7)17-37-13-11-22(12-14-37)35-28(39)27-21(16-34-36-27)15-25(38)26-23(32)9-8-10-24(26)33/h8-10,16,22H,1,11-15,17-19H2,2-7H3,(H,34,36)(H,35,39). The van der Waals surface area contributed by atoms with Crippen LogP contribution in [0.25, 0.3) is 0 Å². The summed E-state index contributed by atoms with van der Waals surface area (Å²) in [5, 5.41) is 10.1. The fraction of sp³-hybridized carbons (Fsp3) is 0.548. The molecule has 46 heavy (non-hydrogen) atoms. The first kappa shape index (κ1) is 37.7. The Morgan fingerprint density at radius 3 is 2.17 bits per heavy atom. The number of amides is 1. The highest BCUT2D eigenvalue weighted by Crippen LogP contribution is 2.49. The van der Waals surface area contributed by atoms with Gasteiger partial charge in [-0.25, -0.2) is 0 Å². The molecule has 2 aromatic rings. The second kappa shape index (κ2) is 15.9. The van der Waals surface area contributed by atoms with Crippen molar-refractivity contribution in [1.29, 1.82) is 0 Å². The van der Waals surface area contributed by atoms with Crippen LogP contribution in [-0.2, 0) is 34.3 Å². The van der Waals surface area contributed by atoms with E-state index in [1.54, 1.807) is 39.0 Å². The molecule has 254 valence electrons. The fourth-order valence-electron chi connectivity index (χ4n) is 4.28. The van der Waals surface area contributed by atoms with E-state index in [-0.39, 0.29) is 58.0 Å². The van der Waals surface area contributed by atoms with Crippen molar-refractivity contribution in [3.05, 3.63) is 63.6 Å². The molecule has 1 aromatic heterocycles. The number of rotatable bonds is 14. The largest absolute Gasteiger partial charge is 0.471 e. The van der Waals surface area contributed by atoms with E-state index in [1.165, 1.54) is 6.20 Å². The number of nitrogens with zero attached hydrogens (tertiary/aromatic N) is 2. The van der Waals surface area contributed by atoms with Gasteiger partial charge in [-0.2, -0.15) is 5.10 Å². The molecule has 0 radical (unpaired) electrons. The molecule has 2 N–H and O–H groups in total. The number of hydrogen-bond donors (Lipinski definition) is 2. The molecule has 0 bridgehead atoms. The quantitative estimate of drug-likeness (QED) is 0.0726. The molecule has 0 spiro atoms. The fourth-order valence-corrected chi connectivity index (χ4v) is 6.32. The first-order valence-electron chi connectivity index (χ1n) is 14.8. The number of Topliss-reactive ketones (excluding diaryl/α,β-unsaturated/α-hetero) is 1. The minimum atomic E-state index is -3.81. The second-order valence-electron chi connectivity index (χ2n) is 13.1. The van der Waals surface area contributed by atoms with Crippen molar-refractivity contribution >= 4 is 48.5 Å². The lowest BCUT2D eigenvalue weighted by Crippen LogP contribution is -2.45. The summed E-state index contributed by atoms with van der Waals surface area (Å²) >= 11 is 12.4. The summed E-state index contributed by atoms with van der Waals surface area (Å²) in [6, 6.07) is 4.60. The topological polar surface area (TPSA) is 149 Å². The summed E-state index contributed by atoms with van der Waals surface area (Å²) in [5.41, 5.74) is -0.335. The first-order chi connectivity index (χ1) is 21.4. The van der Waals surface area contributed by atoms with E-state index in [4.69, 9.17) is 41.7 Å². The van der Waals surface area contributed by atoms with Gasteiger partial charge in [-0.3, -0.25) is 38.0 Å². The molecule has 2 heterocycles. The SMILES string of the molecule is C=C(OCOP(=O)(CN1CCC(NC(=O)c2[nH]ncc2CC(=O)c2c(Cl)cccc2Cl)CC1)OCOC(=O)C(C)(C)C)C(C)(C)C. The second-order valence-corrected chi connectivity index (χ2v) is 15.9. The number of esters is 1. The zero-order chi connectivity index (χ0) is 34.3. The number of hydrogen-bond acceptors (Lipinski definition) is 10. The summed E-state index contributed by atoms with van der Waals surface area (Å²) in [4.78, 5) is 40.1. The maximum absolute atomic E-state index is 13.7. The molecule has 1 unspecified atom stereocenters. The number of aromatic nitrogens is 2. The lowest BCUT2D eigenvalue weighted by Gasteiger charge is -2.34. The van der Waals surface area contributed by atoms with Crippen LogP contribution in [0.5, 0.6) is 0 Å². The summed E-state index contributed by atoms with van der Waals surface area (Å²) in [7, 11) is -3.81. The lowest BCUT2D eigenvalue weighted by molar-refractivity contribution is -0.160. The van der Waals surface area contributed by atoms with Crippen molar-refractivity contribution in [1.82, 2.24) is 20.4 Å². The Hall–Kier alpha value is -2.73. The summed E-state index contributed by atoms with van der Waals surface area (Å²) in [5.74, 6) is -0.801. The average molecular weight is 702 g/mol. The lowest BCUT2D eigenvalue weighted by atomic mass is 9.95. The zero-order valence-electron chi connectivity index (χ0n) is 27.1. The van der Waals surface area contributed by atoms with Crippen LogP contribution < -0.4 is 5.32 Å². The number of ketones is 1. The molecular weight excluding hydrogens is 658 g/mol. The van der Waals surface area contributed by atoms with Crippen LogP contribution >= 0.6 is 30.8 Å². The highest BCUT2D eigenvalue weighted by Gasteiger charge is 2.33. The van der Waals surface area contributed by atoms with Crippen molar-refractivity contribution in [2.75, 3.05) is 33.0 Å². The molecule has 0 aliphatic carbocycles. The van der Waals surface area contributed by atoms with E-state index in [1.807, 2.05) is 25.7 Å². The zero-order valence-corrected chi connectivity index (χ0v) is 29.5. The van der Waals surface area contributed by atoms with Gasteiger partial charge < -0.3 is 14.8 Å². The van der Waals surface area contributed by atoms with E-state index in [2.05, 4.69) is 22.1 Å². The molecule has 1 fully saturated rings. The number of carbonyl (C=O) groups excluding carboxylic acids is 3. The molecule has 1 aliphatic heterocycles. The van der Waals surface area contributed by atoms with Crippen LogP contribution in [0, 0.1) is 10.8 Å². The van der Waals surface area contributed by atoms with Crippen molar-refractivity contribution in [3.8, 4) is 0 Å². The van der Waals surface area contributed by atoms with Gasteiger partial charge in [-0.15, -0.1) is 0 Å². The van der Waals surface area contributed by atoms with Crippen LogP contribution in [0.1, 0.15) is 80.8 Å². The Bertz CT molecular complexity index is 1400. The molecule has 1 saturated heterocycles. The Morgan fingerprint density at radius 1 is 1.02 bits per heavy atom. The molecular formula is C31H43Cl2N4O8P. The maximum atomic E-state index is 13.7. The van der Waals surface area contributed by atoms with E-state index in [0.717, 1.165) is 0 Å². The molecule has 1 aliphatic rings. The predicted octanol–water partition coefficient (Wildman–Crippen LogP) is 6.60. The third-order valence-electron chi connectivity index (χ3n) is 7.20. The summed E-state index contributed by atoms with van der Waals surface area (Å²) in [6.45, 7) is 14.8. The van der Waals surface area contributed by atoms with Gasteiger partial charge in [0.1, 0.15) is 12.0 Å². The highest BCUT2D eigenvalue weighted by atomic mass is 35.5. The predicted molar refractivity (Wildman–Crippen MR) is 175 cm³/mol. The summed E-state index contributed by atoms with van der Waals surface area (Å²) in [6.07, 6.45) is 2.31. The molecule has 1 atom stereocenters. The van der Waals surface area contributed by atoms with E-state index in [0.29, 0.717) is 37.3 Å². The normalized spacial score (nSPS) is 16.0. The molecule has 3 rings (SSSR count). The number of H-pyrrole nitrogens is 1. The van der Waals surface area contributed by atoms with E-state index < -0.39 is 31.7 Å². The molecule has 1 aromatic carbocycles. The molecule has 12 nitrogen and oxygen atoms in total. The number of benzene rings is 1. The van der Waals surface area contributed by atoms with Gasteiger partial charge >= 0.3 is 13.6 Å². The summed E-state index contributed by atoms with van der Waals surface area (Å²) < 4.78 is 35.5. The van der Waals surface area contributed by atoms with Gasteiger partial charge in [0.2, 0.25) is 6.79 Å². The smallest absolute Gasteiger partial charge is 0.350 e. The van der Waals surface area contributed by atoms with Gasteiger partial charge in [-0.1, -0.05) is 56.6 Å². The third-order valence-corrected chi connectivity index (χ3v) is 9.58. The Kier molecular flexibility index (Phi) is 13.0.